The molecule has 8 nitrogen and oxygen atoms in total. The lowest BCUT2D eigenvalue weighted by Crippen LogP contribution is -2.22. The minimum Gasteiger partial charge on any atom is -0.396 e. The average Bonchev–Trinajstić information content (AvgIpc) is 2.71. The second-order valence-corrected chi connectivity index (χ2v) is 6.76. The minimum absolute atomic E-state index is 0.0131. The van der Waals surface area contributed by atoms with Crippen LogP contribution in [0.4, 0.5) is 5.69 Å². The first-order valence-electron chi connectivity index (χ1n) is 6.45. The Hall–Kier alpha value is -2.26. The fourth-order valence-electron chi connectivity index (χ4n) is 1.89. The first-order chi connectivity index (χ1) is 10.2. The zero-order valence-electron chi connectivity index (χ0n) is 12.5. The Kier molecular flexibility index (Phi) is 4.29. The molecule has 9 heteroatoms. The van der Waals surface area contributed by atoms with E-state index in [1.165, 1.54) is 16.9 Å². The van der Waals surface area contributed by atoms with Gasteiger partial charge in [-0.3, -0.25) is 9.78 Å². The summed E-state index contributed by atoms with van der Waals surface area (Å²) in [4.78, 5) is 16.5. The molecule has 0 spiro atoms. The van der Waals surface area contributed by atoms with Crippen LogP contribution in [0.5, 0.6) is 0 Å². The number of carbonyl (C=O) groups excluding carboxylic acids is 1. The van der Waals surface area contributed by atoms with E-state index < -0.39 is 10.0 Å². The van der Waals surface area contributed by atoms with E-state index in [9.17, 15) is 13.2 Å². The van der Waals surface area contributed by atoms with Crippen molar-refractivity contribution in [3.05, 3.63) is 41.0 Å². The quantitative estimate of drug-likeness (QED) is 0.830. The van der Waals surface area contributed by atoms with E-state index in [2.05, 4.69) is 14.8 Å². The van der Waals surface area contributed by atoms with Gasteiger partial charge in [-0.1, -0.05) is 0 Å². The zero-order chi connectivity index (χ0) is 16.5. The van der Waals surface area contributed by atoms with Crippen LogP contribution in [-0.4, -0.2) is 35.3 Å². The number of aromatic nitrogens is 3. The topological polar surface area (TPSA) is 120 Å². The molecule has 0 saturated carbocycles. The number of sulfonamides is 1. The van der Waals surface area contributed by atoms with Crippen molar-refractivity contribution in [2.24, 2.45) is 0 Å². The van der Waals surface area contributed by atoms with E-state index in [1.54, 1.807) is 19.9 Å². The first kappa shape index (κ1) is 16.1. The van der Waals surface area contributed by atoms with E-state index in [0.717, 1.165) is 6.26 Å². The highest BCUT2D eigenvalue weighted by atomic mass is 32.2. The Labute approximate surface area is 128 Å². The maximum absolute atomic E-state index is 12.5. The van der Waals surface area contributed by atoms with Crippen molar-refractivity contribution in [2.45, 2.75) is 20.4 Å². The summed E-state index contributed by atoms with van der Waals surface area (Å²) < 4.78 is 25.7. The highest BCUT2D eigenvalue weighted by Gasteiger charge is 2.17. The van der Waals surface area contributed by atoms with Gasteiger partial charge in [0.25, 0.3) is 5.91 Å². The van der Waals surface area contributed by atoms with E-state index in [-0.39, 0.29) is 12.5 Å². The number of carbonyl (C=O) groups is 1. The average molecular weight is 323 g/mol. The molecular weight excluding hydrogens is 306 g/mol. The predicted molar refractivity (Wildman–Crippen MR) is 81.8 cm³/mol. The van der Waals surface area contributed by atoms with Crippen LogP contribution in [-0.2, 0) is 16.6 Å². The SMILES string of the molecule is Cc1nn(C(=O)c2ccnc(CNS(C)(=O)=O)c2)c(C)c1N. The Morgan fingerprint density at radius 3 is 2.64 bits per heavy atom. The number of nitrogens with two attached hydrogens (primary N) is 1. The van der Waals surface area contributed by atoms with Crippen molar-refractivity contribution in [2.75, 3.05) is 12.0 Å². The summed E-state index contributed by atoms with van der Waals surface area (Å²) in [5.74, 6) is -0.347. The molecular formula is C13H17N5O3S. The van der Waals surface area contributed by atoms with Gasteiger partial charge in [0.1, 0.15) is 0 Å². The van der Waals surface area contributed by atoms with Gasteiger partial charge in [-0.25, -0.2) is 13.1 Å². The van der Waals surface area contributed by atoms with Crippen molar-refractivity contribution in [1.82, 2.24) is 19.5 Å². The van der Waals surface area contributed by atoms with Crippen molar-refractivity contribution in [3.8, 4) is 0 Å². The lowest BCUT2D eigenvalue weighted by molar-refractivity contribution is 0.0942. The third-order valence-electron chi connectivity index (χ3n) is 3.12. The molecule has 2 aromatic heterocycles. The number of anilines is 1. The molecule has 0 saturated heterocycles. The second kappa shape index (κ2) is 5.85. The molecule has 2 heterocycles. The fraction of sp³-hybridized carbons (Fsp3) is 0.308. The predicted octanol–water partition coefficient (Wildman–Crippen LogP) is 0.215. The summed E-state index contributed by atoms with van der Waals surface area (Å²) in [6.45, 7) is 3.44. The summed E-state index contributed by atoms with van der Waals surface area (Å²) in [5, 5.41) is 4.11. The van der Waals surface area contributed by atoms with Gasteiger partial charge in [-0.2, -0.15) is 9.78 Å². The third-order valence-corrected chi connectivity index (χ3v) is 3.79. The molecule has 0 aliphatic heterocycles. The number of pyridine rings is 1. The van der Waals surface area contributed by atoms with Crippen molar-refractivity contribution in [3.63, 3.8) is 0 Å². The van der Waals surface area contributed by atoms with E-state index >= 15 is 0 Å². The van der Waals surface area contributed by atoms with Gasteiger partial charge < -0.3 is 5.73 Å². The Morgan fingerprint density at radius 1 is 1.41 bits per heavy atom. The van der Waals surface area contributed by atoms with Crippen molar-refractivity contribution in [1.29, 1.82) is 0 Å². The largest absolute Gasteiger partial charge is 0.396 e. The lowest BCUT2D eigenvalue weighted by atomic mass is 10.2. The van der Waals surface area contributed by atoms with Crippen LogP contribution >= 0.6 is 0 Å². The molecule has 0 aliphatic carbocycles. The van der Waals surface area contributed by atoms with Crippen LogP contribution in [0.3, 0.4) is 0 Å². The maximum Gasteiger partial charge on any atom is 0.278 e. The standard InChI is InChI=1S/C13H17N5O3S/c1-8-12(14)9(2)18(17-8)13(19)10-4-5-15-11(6-10)7-16-22(3,20)21/h4-6,16H,7,14H2,1-3H3. The molecule has 22 heavy (non-hydrogen) atoms. The third kappa shape index (κ3) is 3.49. The number of rotatable bonds is 4. The molecule has 2 rings (SSSR count). The van der Waals surface area contributed by atoms with Gasteiger partial charge in [0.05, 0.1) is 35.6 Å². The molecule has 0 atom stereocenters. The molecule has 0 unspecified atom stereocenters. The normalized spacial score (nSPS) is 11.6. The number of nitrogen functional groups attached to an aromatic ring is 1. The molecule has 0 amide bonds. The van der Waals surface area contributed by atoms with Crippen LogP contribution in [0.15, 0.2) is 18.3 Å². The van der Waals surface area contributed by atoms with E-state index in [1.807, 2.05) is 0 Å². The molecule has 0 radical (unpaired) electrons. The molecule has 0 aliphatic rings. The Balaban J connectivity index is 2.29. The van der Waals surface area contributed by atoms with Gasteiger partial charge in [-0.05, 0) is 26.0 Å². The number of nitrogens with zero attached hydrogens (tertiary/aromatic N) is 3. The van der Waals surface area contributed by atoms with Crippen LogP contribution in [0, 0.1) is 13.8 Å². The van der Waals surface area contributed by atoms with Crippen molar-refractivity contribution < 1.29 is 13.2 Å². The monoisotopic (exact) mass is 323 g/mol. The zero-order valence-corrected chi connectivity index (χ0v) is 13.3. The van der Waals surface area contributed by atoms with Crippen molar-refractivity contribution >= 4 is 21.6 Å². The highest BCUT2D eigenvalue weighted by molar-refractivity contribution is 7.88. The molecule has 0 bridgehead atoms. The highest BCUT2D eigenvalue weighted by Crippen LogP contribution is 2.16. The molecule has 118 valence electrons. The molecule has 3 N–H and O–H groups in total. The van der Waals surface area contributed by atoms with Gasteiger partial charge >= 0.3 is 0 Å². The van der Waals surface area contributed by atoms with Gasteiger partial charge in [0, 0.05) is 11.8 Å². The van der Waals surface area contributed by atoms with Gasteiger partial charge in [0.2, 0.25) is 10.0 Å². The summed E-state index contributed by atoms with van der Waals surface area (Å²) in [5.41, 5.74) is 8.23. The van der Waals surface area contributed by atoms with Gasteiger partial charge in [0.15, 0.2) is 0 Å². The number of aryl methyl sites for hydroxylation is 1. The fourth-order valence-corrected chi connectivity index (χ4v) is 2.30. The summed E-state index contributed by atoms with van der Waals surface area (Å²) >= 11 is 0. The number of hydrogen-bond acceptors (Lipinski definition) is 6. The molecule has 2 aromatic rings. The van der Waals surface area contributed by atoms with Gasteiger partial charge in [-0.15, -0.1) is 0 Å². The summed E-state index contributed by atoms with van der Waals surface area (Å²) in [7, 11) is -3.33. The maximum atomic E-state index is 12.5. The summed E-state index contributed by atoms with van der Waals surface area (Å²) in [6.07, 6.45) is 2.50. The van der Waals surface area contributed by atoms with Crippen LogP contribution in [0.2, 0.25) is 0 Å². The molecule has 0 fully saturated rings. The summed E-state index contributed by atoms with van der Waals surface area (Å²) in [6, 6.07) is 3.06. The lowest BCUT2D eigenvalue weighted by Gasteiger charge is -2.06. The van der Waals surface area contributed by atoms with Crippen LogP contribution in [0.25, 0.3) is 0 Å². The number of hydrogen-bond donors (Lipinski definition) is 2. The minimum atomic E-state index is -3.33. The van der Waals surface area contributed by atoms with Crippen LogP contribution in [0.1, 0.15) is 27.4 Å². The Morgan fingerprint density at radius 2 is 2.09 bits per heavy atom. The first-order valence-corrected chi connectivity index (χ1v) is 8.34. The Bertz CT molecular complexity index is 826. The smallest absolute Gasteiger partial charge is 0.278 e. The van der Waals surface area contributed by atoms with E-state index in [4.69, 9.17) is 5.73 Å². The van der Waals surface area contributed by atoms with E-state index in [0.29, 0.717) is 28.3 Å². The van der Waals surface area contributed by atoms with Crippen LogP contribution < -0.4 is 10.5 Å². The number of nitrogens with one attached hydrogen (secondary N) is 1. The molecule has 0 aromatic carbocycles. The second-order valence-electron chi connectivity index (χ2n) is 4.93.